The number of rotatable bonds is 3. The number of benzene rings is 1. The van der Waals surface area contributed by atoms with E-state index in [-0.39, 0.29) is 29.3 Å². The van der Waals surface area contributed by atoms with Crippen molar-refractivity contribution < 1.29 is 12.8 Å². The molecular weight excluding hydrogens is 253 g/mol. The van der Waals surface area contributed by atoms with Gasteiger partial charge in [0.15, 0.2) is 9.84 Å². The Morgan fingerprint density at radius 3 is 2.72 bits per heavy atom. The van der Waals surface area contributed by atoms with Gasteiger partial charge in [-0.25, -0.2) is 12.8 Å². The third-order valence-corrected chi connectivity index (χ3v) is 5.33. The second kappa shape index (κ2) is 4.97. The molecular formula is C13H18FNO2S. The lowest BCUT2D eigenvalue weighted by Crippen LogP contribution is -2.27. The number of sulfone groups is 1. The van der Waals surface area contributed by atoms with Gasteiger partial charge in [0.1, 0.15) is 5.82 Å². The van der Waals surface area contributed by atoms with Gasteiger partial charge >= 0.3 is 0 Å². The van der Waals surface area contributed by atoms with Crippen LogP contribution in [0.2, 0.25) is 0 Å². The molecule has 0 bridgehead atoms. The van der Waals surface area contributed by atoms with E-state index < -0.39 is 9.84 Å². The number of halogens is 1. The smallest absolute Gasteiger partial charge is 0.150 e. The molecule has 1 N–H and O–H groups in total. The molecule has 3 nitrogen and oxygen atoms in total. The molecule has 0 spiro atoms. The topological polar surface area (TPSA) is 46.2 Å². The highest BCUT2D eigenvalue weighted by atomic mass is 32.2. The summed E-state index contributed by atoms with van der Waals surface area (Å²) in [6.45, 7) is 1.90. The molecule has 0 amide bonds. The van der Waals surface area contributed by atoms with Gasteiger partial charge < -0.3 is 5.32 Å². The minimum absolute atomic E-state index is 0.0451. The van der Waals surface area contributed by atoms with E-state index in [2.05, 4.69) is 5.32 Å². The van der Waals surface area contributed by atoms with Crippen molar-refractivity contribution in [3.05, 3.63) is 35.1 Å². The van der Waals surface area contributed by atoms with E-state index in [1.54, 1.807) is 19.2 Å². The Hall–Kier alpha value is -0.940. The molecule has 0 saturated carbocycles. The van der Waals surface area contributed by atoms with Crippen LogP contribution in [0.3, 0.4) is 0 Å². The summed E-state index contributed by atoms with van der Waals surface area (Å²) in [5, 5.41) is 3.06. The van der Waals surface area contributed by atoms with Crippen LogP contribution in [-0.4, -0.2) is 27.0 Å². The fourth-order valence-corrected chi connectivity index (χ4v) is 4.47. The normalized spacial score (nSPS) is 24.1. The molecule has 0 radical (unpaired) electrons. The molecule has 5 heteroatoms. The molecule has 100 valence electrons. The second-order valence-corrected chi connectivity index (χ2v) is 7.18. The van der Waals surface area contributed by atoms with Crippen molar-refractivity contribution in [3.8, 4) is 0 Å². The molecule has 18 heavy (non-hydrogen) atoms. The lowest BCUT2D eigenvalue weighted by Gasteiger charge is -2.23. The summed E-state index contributed by atoms with van der Waals surface area (Å²) in [7, 11) is -1.20. The largest absolute Gasteiger partial charge is 0.313 e. The van der Waals surface area contributed by atoms with Gasteiger partial charge in [-0.2, -0.15) is 0 Å². The average molecular weight is 271 g/mol. The minimum atomic E-state index is -2.94. The van der Waals surface area contributed by atoms with Crippen LogP contribution < -0.4 is 5.32 Å². The Labute approximate surface area is 107 Å². The maximum atomic E-state index is 13.9. The Balaban J connectivity index is 2.31. The molecule has 1 aliphatic heterocycles. The lowest BCUT2D eigenvalue weighted by molar-refractivity contribution is 0.403. The van der Waals surface area contributed by atoms with Gasteiger partial charge in [-0.3, -0.25) is 0 Å². The van der Waals surface area contributed by atoms with Crippen LogP contribution in [0.4, 0.5) is 4.39 Å². The van der Waals surface area contributed by atoms with Gasteiger partial charge in [-0.15, -0.1) is 0 Å². The molecule has 0 aromatic heterocycles. The number of nitrogens with one attached hydrogen (secondary N) is 1. The molecule has 2 rings (SSSR count). The van der Waals surface area contributed by atoms with Crippen molar-refractivity contribution in [2.45, 2.75) is 19.4 Å². The summed E-state index contributed by atoms with van der Waals surface area (Å²) in [4.78, 5) is 0. The molecule has 1 saturated heterocycles. The molecule has 2 atom stereocenters. The van der Waals surface area contributed by atoms with E-state index in [4.69, 9.17) is 0 Å². The molecule has 1 fully saturated rings. The van der Waals surface area contributed by atoms with Gasteiger partial charge in [0.25, 0.3) is 0 Å². The van der Waals surface area contributed by atoms with Crippen molar-refractivity contribution in [1.82, 2.24) is 5.32 Å². The average Bonchev–Trinajstić information content (AvgIpc) is 2.65. The zero-order chi connectivity index (χ0) is 13.3. The third kappa shape index (κ3) is 2.72. The van der Waals surface area contributed by atoms with Crippen LogP contribution in [-0.2, 0) is 9.84 Å². The Bertz CT molecular complexity index is 542. The van der Waals surface area contributed by atoms with Gasteiger partial charge in [-0.1, -0.05) is 17.7 Å². The maximum Gasteiger partial charge on any atom is 0.150 e. The van der Waals surface area contributed by atoms with Crippen molar-refractivity contribution in [2.75, 3.05) is 18.6 Å². The highest BCUT2D eigenvalue weighted by molar-refractivity contribution is 7.91. The minimum Gasteiger partial charge on any atom is -0.313 e. The zero-order valence-electron chi connectivity index (χ0n) is 10.6. The first-order valence-electron chi connectivity index (χ1n) is 6.06. The third-order valence-electron chi connectivity index (χ3n) is 3.54. The van der Waals surface area contributed by atoms with Crippen LogP contribution in [0.15, 0.2) is 18.2 Å². The zero-order valence-corrected chi connectivity index (χ0v) is 11.4. The lowest BCUT2D eigenvalue weighted by atomic mass is 9.91. The Morgan fingerprint density at radius 1 is 1.44 bits per heavy atom. The quantitative estimate of drug-likeness (QED) is 0.912. The van der Waals surface area contributed by atoms with Crippen LogP contribution in [0.1, 0.15) is 23.6 Å². The first-order valence-corrected chi connectivity index (χ1v) is 7.89. The highest BCUT2D eigenvalue weighted by Gasteiger charge is 2.34. The van der Waals surface area contributed by atoms with E-state index in [1.165, 1.54) is 6.07 Å². The Morgan fingerprint density at radius 2 is 2.17 bits per heavy atom. The van der Waals surface area contributed by atoms with E-state index in [9.17, 15) is 12.8 Å². The van der Waals surface area contributed by atoms with Crippen molar-refractivity contribution in [2.24, 2.45) is 5.92 Å². The molecule has 1 aromatic rings. The molecule has 0 aliphatic carbocycles. The summed E-state index contributed by atoms with van der Waals surface area (Å²) in [5.41, 5.74) is 1.55. The van der Waals surface area contributed by atoms with Gasteiger partial charge in [-0.05, 0) is 32.4 Å². The van der Waals surface area contributed by atoms with Crippen molar-refractivity contribution >= 4 is 9.84 Å². The van der Waals surface area contributed by atoms with Crippen molar-refractivity contribution in [3.63, 3.8) is 0 Å². The molecule has 1 aliphatic rings. The van der Waals surface area contributed by atoms with E-state index >= 15 is 0 Å². The Kier molecular flexibility index (Phi) is 3.73. The SMILES string of the molecule is CNC(c1cc(C)ccc1F)C1CCS(=O)(=O)C1. The monoisotopic (exact) mass is 271 g/mol. The van der Waals surface area contributed by atoms with E-state index in [0.717, 1.165) is 5.56 Å². The van der Waals surface area contributed by atoms with Crippen LogP contribution in [0.5, 0.6) is 0 Å². The summed E-state index contributed by atoms with van der Waals surface area (Å²) in [6.07, 6.45) is 0.598. The van der Waals surface area contributed by atoms with Crippen LogP contribution >= 0.6 is 0 Å². The molecule has 2 unspecified atom stereocenters. The first-order chi connectivity index (χ1) is 8.43. The number of hydrogen-bond donors (Lipinski definition) is 1. The number of aryl methyl sites for hydroxylation is 1. The summed E-state index contributed by atoms with van der Waals surface area (Å²) >= 11 is 0. The fourth-order valence-electron chi connectivity index (χ4n) is 2.63. The molecule has 1 aromatic carbocycles. The standard InChI is InChI=1S/C13H18FNO2S/c1-9-3-4-12(14)11(7-9)13(15-2)10-5-6-18(16,17)8-10/h3-4,7,10,13,15H,5-6,8H2,1-2H3. The van der Waals surface area contributed by atoms with Gasteiger partial charge in [0, 0.05) is 11.6 Å². The summed E-state index contributed by atoms with van der Waals surface area (Å²) in [6, 6.07) is 4.72. The highest BCUT2D eigenvalue weighted by Crippen LogP contribution is 2.32. The summed E-state index contributed by atoms with van der Waals surface area (Å²) < 4.78 is 36.9. The van der Waals surface area contributed by atoms with Crippen molar-refractivity contribution in [1.29, 1.82) is 0 Å². The molecule has 1 heterocycles. The number of hydrogen-bond acceptors (Lipinski definition) is 3. The van der Waals surface area contributed by atoms with Crippen LogP contribution in [0.25, 0.3) is 0 Å². The van der Waals surface area contributed by atoms with Gasteiger partial charge in [0.2, 0.25) is 0 Å². The first kappa shape index (κ1) is 13.5. The van der Waals surface area contributed by atoms with Gasteiger partial charge in [0.05, 0.1) is 11.5 Å². The predicted octanol–water partition coefficient (Wildman–Crippen LogP) is 1.83. The second-order valence-electron chi connectivity index (χ2n) is 4.95. The predicted molar refractivity (Wildman–Crippen MR) is 69.7 cm³/mol. The fraction of sp³-hybridized carbons (Fsp3) is 0.538. The van der Waals surface area contributed by atoms with E-state index in [1.807, 2.05) is 6.92 Å². The van der Waals surface area contributed by atoms with E-state index in [0.29, 0.717) is 12.0 Å². The maximum absolute atomic E-state index is 13.9. The summed E-state index contributed by atoms with van der Waals surface area (Å²) in [5.74, 6) is 0.0374. The van der Waals surface area contributed by atoms with Crippen LogP contribution in [0, 0.1) is 18.7 Å².